The van der Waals surface area contributed by atoms with Gasteiger partial charge in [-0.05, 0) is 19.2 Å². The Morgan fingerprint density at radius 1 is 1.30 bits per heavy atom. The minimum atomic E-state index is -0.333. The third-order valence-electron chi connectivity index (χ3n) is 4.40. The van der Waals surface area contributed by atoms with E-state index in [4.69, 9.17) is 9.47 Å². The maximum absolute atomic E-state index is 12.6. The van der Waals surface area contributed by atoms with Crippen LogP contribution in [-0.4, -0.2) is 45.5 Å². The third kappa shape index (κ3) is 3.49. The Kier molecular flexibility index (Phi) is 4.96. The zero-order chi connectivity index (χ0) is 19.0. The van der Waals surface area contributed by atoms with Gasteiger partial charge in [0, 0.05) is 37.2 Å². The van der Waals surface area contributed by atoms with Crippen molar-refractivity contribution in [3.05, 3.63) is 34.4 Å². The van der Waals surface area contributed by atoms with Crippen LogP contribution in [0.2, 0.25) is 0 Å². The van der Waals surface area contributed by atoms with Crippen molar-refractivity contribution in [3.8, 4) is 11.5 Å². The van der Waals surface area contributed by atoms with Gasteiger partial charge in [-0.15, -0.1) is 0 Å². The van der Waals surface area contributed by atoms with Crippen LogP contribution in [0, 0.1) is 6.92 Å². The Balaban J connectivity index is 1.83. The lowest BCUT2D eigenvalue weighted by Crippen LogP contribution is -2.19. The fourth-order valence-electron chi connectivity index (χ4n) is 2.90. The van der Waals surface area contributed by atoms with Crippen molar-refractivity contribution in [1.82, 2.24) is 14.3 Å². The van der Waals surface area contributed by atoms with Gasteiger partial charge in [-0.1, -0.05) is 11.3 Å². The normalized spacial score (nSPS) is 14.1. The van der Waals surface area contributed by atoms with Crippen molar-refractivity contribution < 1.29 is 14.3 Å². The Morgan fingerprint density at radius 2 is 2.04 bits per heavy atom. The van der Waals surface area contributed by atoms with Gasteiger partial charge in [-0.2, -0.15) is 21.9 Å². The highest BCUT2D eigenvalue weighted by molar-refractivity contribution is 7.98. The molecule has 0 atom stereocenters. The first kappa shape index (κ1) is 18.1. The van der Waals surface area contributed by atoms with Crippen LogP contribution in [0.1, 0.15) is 16.2 Å². The first-order chi connectivity index (χ1) is 13.1. The fraction of sp³-hybridized carbons (Fsp3) is 0.389. The van der Waals surface area contributed by atoms with Crippen LogP contribution in [0.4, 0.5) is 0 Å². The molecule has 0 spiro atoms. The molecule has 9 heteroatoms. The van der Waals surface area contributed by atoms with E-state index >= 15 is 0 Å². The highest BCUT2D eigenvalue weighted by Gasteiger charge is 2.17. The minimum absolute atomic E-state index is 0.333. The van der Waals surface area contributed by atoms with Gasteiger partial charge in [0.2, 0.25) is 0 Å². The van der Waals surface area contributed by atoms with E-state index in [0.29, 0.717) is 23.7 Å². The van der Waals surface area contributed by atoms with Crippen molar-refractivity contribution in [3.63, 3.8) is 0 Å². The number of carbonyl (C=O) groups excluding carboxylic acids is 1. The summed E-state index contributed by atoms with van der Waals surface area (Å²) >= 11 is 3.23. The SMILES string of the molecule is CSCCn1c(=NC(=O)c2cc(C)n(C)n2)sc2cc3c(cc21)OCCO3. The summed E-state index contributed by atoms with van der Waals surface area (Å²) in [6.45, 7) is 3.76. The van der Waals surface area contributed by atoms with E-state index < -0.39 is 0 Å². The van der Waals surface area contributed by atoms with Gasteiger partial charge in [0.1, 0.15) is 13.2 Å². The maximum Gasteiger partial charge on any atom is 0.300 e. The molecule has 1 amide bonds. The second kappa shape index (κ2) is 7.40. The summed E-state index contributed by atoms with van der Waals surface area (Å²) in [4.78, 5) is 17.7. The van der Waals surface area contributed by atoms with Gasteiger partial charge in [0.25, 0.3) is 5.91 Å². The summed E-state index contributed by atoms with van der Waals surface area (Å²) in [6, 6.07) is 5.71. The molecule has 2 aromatic heterocycles. The molecular formula is C18H20N4O3S2. The number of nitrogens with zero attached hydrogens (tertiary/aromatic N) is 4. The van der Waals surface area contributed by atoms with Crippen molar-refractivity contribution in [2.45, 2.75) is 13.5 Å². The lowest BCUT2D eigenvalue weighted by Gasteiger charge is -2.18. The maximum atomic E-state index is 12.6. The van der Waals surface area contributed by atoms with Crippen LogP contribution in [0.25, 0.3) is 10.2 Å². The number of hydrogen-bond donors (Lipinski definition) is 0. The average molecular weight is 405 g/mol. The van der Waals surface area contributed by atoms with Crippen LogP contribution in [0.15, 0.2) is 23.2 Å². The number of ether oxygens (including phenoxy) is 2. The van der Waals surface area contributed by atoms with E-state index in [9.17, 15) is 4.79 Å². The second-order valence-electron chi connectivity index (χ2n) is 6.20. The lowest BCUT2D eigenvalue weighted by molar-refractivity contribution is 0.0992. The predicted octanol–water partition coefficient (Wildman–Crippen LogP) is 2.62. The monoisotopic (exact) mass is 404 g/mol. The molecule has 3 aromatic rings. The molecule has 1 aromatic carbocycles. The number of carbonyl (C=O) groups is 1. The van der Waals surface area contributed by atoms with Crippen LogP contribution in [0.3, 0.4) is 0 Å². The number of aromatic nitrogens is 3. The van der Waals surface area contributed by atoms with Gasteiger partial charge in [0.15, 0.2) is 22.0 Å². The molecule has 0 aliphatic carbocycles. The summed E-state index contributed by atoms with van der Waals surface area (Å²) < 4.78 is 16.2. The highest BCUT2D eigenvalue weighted by Crippen LogP contribution is 2.35. The fourth-order valence-corrected chi connectivity index (χ4v) is 4.33. The zero-order valence-corrected chi connectivity index (χ0v) is 17.0. The number of benzene rings is 1. The molecule has 0 N–H and O–H groups in total. The molecule has 0 fully saturated rings. The Hall–Kier alpha value is -2.26. The number of rotatable bonds is 4. The summed E-state index contributed by atoms with van der Waals surface area (Å²) in [6.07, 6.45) is 2.06. The number of hydrogen-bond acceptors (Lipinski definition) is 6. The largest absolute Gasteiger partial charge is 0.486 e. The lowest BCUT2D eigenvalue weighted by atomic mass is 10.2. The van der Waals surface area contributed by atoms with Gasteiger partial charge in [0.05, 0.1) is 10.2 Å². The zero-order valence-electron chi connectivity index (χ0n) is 15.4. The number of amides is 1. The molecule has 3 heterocycles. The van der Waals surface area contributed by atoms with Crippen molar-refractivity contribution in [2.75, 3.05) is 25.2 Å². The molecule has 0 unspecified atom stereocenters. The molecule has 0 saturated carbocycles. The predicted molar refractivity (Wildman–Crippen MR) is 107 cm³/mol. The van der Waals surface area contributed by atoms with E-state index in [0.717, 1.165) is 39.7 Å². The number of thiazole rings is 1. The molecule has 1 aliphatic rings. The summed E-state index contributed by atoms with van der Waals surface area (Å²) in [5.74, 6) is 2.07. The second-order valence-corrected chi connectivity index (χ2v) is 8.20. The molecule has 0 radical (unpaired) electrons. The molecule has 142 valence electrons. The number of aryl methyl sites for hydroxylation is 3. The van der Waals surface area contributed by atoms with Crippen molar-refractivity contribution >= 4 is 39.2 Å². The van der Waals surface area contributed by atoms with E-state index in [1.165, 1.54) is 11.3 Å². The smallest absolute Gasteiger partial charge is 0.300 e. The molecule has 27 heavy (non-hydrogen) atoms. The van der Waals surface area contributed by atoms with Crippen LogP contribution < -0.4 is 14.3 Å². The van der Waals surface area contributed by atoms with Gasteiger partial charge in [-0.25, -0.2) is 0 Å². The molecule has 7 nitrogen and oxygen atoms in total. The van der Waals surface area contributed by atoms with Crippen molar-refractivity contribution in [2.24, 2.45) is 12.0 Å². The van der Waals surface area contributed by atoms with Crippen molar-refractivity contribution in [1.29, 1.82) is 0 Å². The molecule has 0 bridgehead atoms. The third-order valence-corrected chi connectivity index (χ3v) is 6.03. The van der Waals surface area contributed by atoms with E-state index in [-0.39, 0.29) is 5.91 Å². The first-order valence-corrected chi connectivity index (χ1v) is 10.8. The summed E-state index contributed by atoms with van der Waals surface area (Å²) in [5, 5.41) is 4.24. The topological polar surface area (TPSA) is 70.6 Å². The standard InChI is InChI=1S/C18H20N4O3S2/c1-11-8-12(20-21(11)2)17(23)19-18-22(4-7-26-3)13-9-14-15(10-16(13)27-18)25-6-5-24-14/h8-10H,4-7H2,1-3H3. The van der Waals surface area contributed by atoms with Crippen LogP contribution >= 0.6 is 23.1 Å². The summed E-state index contributed by atoms with van der Waals surface area (Å²) in [7, 11) is 1.81. The molecule has 4 rings (SSSR count). The Labute approximate surface area is 164 Å². The van der Waals surface area contributed by atoms with Gasteiger partial charge < -0.3 is 14.0 Å². The quantitative estimate of drug-likeness (QED) is 0.669. The Bertz CT molecular complexity index is 1060. The molecule has 0 saturated heterocycles. The van der Waals surface area contributed by atoms with E-state index in [2.05, 4.69) is 20.9 Å². The molecule has 1 aliphatic heterocycles. The molecular weight excluding hydrogens is 384 g/mol. The van der Waals surface area contributed by atoms with Crippen LogP contribution in [0.5, 0.6) is 11.5 Å². The van der Waals surface area contributed by atoms with Crippen LogP contribution in [-0.2, 0) is 13.6 Å². The first-order valence-electron chi connectivity index (χ1n) is 8.58. The average Bonchev–Trinajstić information content (AvgIpc) is 3.17. The minimum Gasteiger partial charge on any atom is -0.486 e. The highest BCUT2D eigenvalue weighted by atomic mass is 32.2. The summed E-state index contributed by atoms with van der Waals surface area (Å²) in [5.41, 5.74) is 2.28. The Morgan fingerprint density at radius 3 is 2.70 bits per heavy atom. The van der Waals surface area contributed by atoms with Gasteiger partial charge in [-0.3, -0.25) is 9.48 Å². The van der Waals surface area contributed by atoms with E-state index in [1.807, 2.05) is 26.1 Å². The number of thioether (sulfide) groups is 1. The van der Waals surface area contributed by atoms with E-state index in [1.54, 1.807) is 22.5 Å². The van der Waals surface area contributed by atoms with Gasteiger partial charge >= 0.3 is 0 Å². The number of fused-ring (bicyclic) bond motifs is 2.